The minimum Gasteiger partial charge on any atom is -0.392 e. The van der Waals surface area contributed by atoms with Crippen LogP contribution < -0.4 is 0 Å². The largest absolute Gasteiger partial charge is 0.392 e. The predicted molar refractivity (Wildman–Crippen MR) is 64.2 cm³/mol. The lowest BCUT2D eigenvalue weighted by Crippen LogP contribution is -1.86. The predicted octanol–water partition coefficient (Wildman–Crippen LogP) is 2.35. The maximum Gasteiger partial charge on any atom is 0.230 e. The monoisotopic (exact) mass is 230 g/mol. The van der Waals surface area contributed by atoms with Crippen molar-refractivity contribution in [3.8, 4) is 11.4 Å². The van der Waals surface area contributed by atoms with Gasteiger partial charge in [0.1, 0.15) is 0 Å². The Labute approximate surface area is 99.6 Å². The van der Waals surface area contributed by atoms with Gasteiger partial charge in [-0.25, -0.2) is 0 Å². The molecule has 2 aromatic rings. The van der Waals surface area contributed by atoms with E-state index >= 15 is 0 Å². The Morgan fingerprint density at radius 1 is 1.41 bits per heavy atom. The lowest BCUT2D eigenvalue weighted by molar-refractivity contribution is 0.282. The van der Waals surface area contributed by atoms with Crippen molar-refractivity contribution < 1.29 is 9.63 Å². The van der Waals surface area contributed by atoms with Crippen LogP contribution in [0.1, 0.15) is 18.4 Å². The van der Waals surface area contributed by atoms with Crippen LogP contribution >= 0.6 is 0 Å². The van der Waals surface area contributed by atoms with Gasteiger partial charge in [0.25, 0.3) is 0 Å². The van der Waals surface area contributed by atoms with Gasteiger partial charge < -0.3 is 9.63 Å². The van der Waals surface area contributed by atoms with E-state index in [1.54, 1.807) is 0 Å². The third kappa shape index (κ3) is 2.79. The summed E-state index contributed by atoms with van der Waals surface area (Å²) in [5, 5.41) is 13.0. The molecule has 0 saturated heterocycles. The van der Waals surface area contributed by atoms with Gasteiger partial charge >= 0.3 is 0 Å². The van der Waals surface area contributed by atoms with E-state index in [2.05, 4.69) is 10.1 Å². The smallest absolute Gasteiger partial charge is 0.230 e. The number of aliphatic hydroxyl groups is 1. The Balaban J connectivity index is 2.23. The zero-order valence-electron chi connectivity index (χ0n) is 9.63. The molecule has 1 N–H and O–H groups in total. The Morgan fingerprint density at radius 3 is 3.06 bits per heavy atom. The fourth-order valence-electron chi connectivity index (χ4n) is 1.48. The van der Waals surface area contributed by atoms with Gasteiger partial charge in [0.15, 0.2) is 0 Å². The molecule has 4 nitrogen and oxygen atoms in total. The van der Waals surface area contributed by atoms with Crippen LogP contribution in [0.15, 0.2) is 40.9 Å². The molecule has 17 heavy (non-hydrogen) atoms. The second-order valence-corrected chi connectivity index (χ2v) is 3.64. The molecule has 1 aromatic carbocycles. The summed E-state index contributed by atoms with van der Waals surface area (Å²) in [6.07, 6.45) is 4.54. The summed E-state index contributed by atoms with van der Waals surface area (Å²) in [6.45, 7) is 1.96. The molecule has 0 fully saturated rings. The van der Waals surface area contributed by atoms with Crippen LogP contribution in [0.3, 0.4) is 0 Å². The highest BCUT2D eigenvalue weighted by Crippen LogP contribution is 2.17. The maximum atomic E-state index is 9.06. The van der Waals surface area contributed by atoms with Crippen LogP contribution in [0, 0.1) is 0 Å². The molecule has 1 aromatic heterocycles. The molecular weight excluding hydrogens is 216 g/mol. The molecule has 0 aliphatic heterocycles. The number of benzene rings is 1. The summed E-state index contributed by atoms with van der Waals surface area (Å²) in [4.78, 5) is 4.28. The molecule has 0 bridgehead atoms. The second-order valence-electron chi connectivity index (χ2n) is 3.64. The van der Waals surface area contributed by atoms with Gasteiger partial charge in [-0.1, -0.05) is 35.5 Å². The first-order valence-corrected chi connectivity index (χ1v) is 5.47. The van der Waals surface area contributed by atoms with Crippen LogP contribution in [0.4, 0.5) is 0 Å². The summed E-state index contributed by atoms with van der Waals surface area (Å²) >= 11 is 0. The molecule has 88 valence electrons. The maximum absolute atomic E-state index is 9.06. The molecule has 0 saturated carbocycles. The molecule has 0 amide bonds. The summed E-state index contributed by atoms with van der Waals surface area (Å²) in [7, 11) is 0. The van der Waals surface area contributed by atoms with Crippen molar-refractivity contribution in [3.63, 3.8) is 0 Å². The average Bonchev–Trinajstić information content (AvgIpc) is 2.85. The zero-order chi connectivity index (χ0) is 12.1. The van der Waals surface area contributed by atoms with Crippen molar-refractivity contribution in [3.05, 3.63) is 47.9 Å². The van der Waals surface area contributed by atoms with Gasteiger partial charge in [0, 0.05) is 12.0 Å². The third-order valence-corrected chi connectivity index (χ3v) is 2.36. The van der Waals surface area contributed by atoms with E-state index in [9.17, 15) is 0 Å². The first-order valence-electron chi connectivity index (χ1n) is 5.47. The van der Waals surface area contributed by atoms with Gasteiger partial charge in [0.05, 0.1) is 6.61 Å². The Kier molecular flexibility index (Phi) is 3.67. The first kappa shape index (κ1) is 11.5. The number of aliphatic hydroxyl groups excluding tert-OH is 1. The van der Waals surface area contributed by atoms with E-state index < -0.39 is 0 Å². The van der Waals surface area contributed by atoms with E-state index in [1.165, 1.54) is 0 Å². The fraction of sp³-hybridized carbons (Fsp3) is 0.231. The number of allylic oxidation sites excluding steroid dienone is 2. The van der Waals surface area contributed by atoms with Crippen LogP contribution in [0.2, 0.25) is 0 Å². The minimum atomic E-state index is 0.0110. The molecule has 0 radical (unpaired) electrons. The number of aromatic nitrogens is 2. The highest BCUT2D eigenvalue weighted by Gasteiger charge is 2.07. The van der Waals surface area contributed by atoms with E-state index in [4.69, 9.17) is 9.63 Å². The Morgan fingerprint density at radius 2 is 2.29 bits per heavy atom. The molecule has 1 heterocycles. The number of hydrogen-bond acceptors (Lipinski definition) is 4. The molecule has 0 unspecified atom stereocenters. The van der Waals surface area contributed by atoms with Gasteiger partial charge in [-0.15, -0.1) is 0 Å². The summed E-state index contributed by atoms with van der Waals surface area (Å²) in [6, 6.07) is 7.46. The van der Waals surface area contributed by atoms with Gasteiger partial charge in [-0.05, 0) is 18.6 Å². The van der Waals surface area contributed by atoms with Crippen LogP contribution in [0.25, 0.3) is 11.4 Å². The van der Waals surface area contributed by atoms with Crippen molar-refractivity contribution in [1.29, 1.82) is 0 Å². The summed E-state index contributed by atoms with van der Waals surface area (Å²) in [5.74, 6) is 1.15. The lowest BCUT2D eigenvalue weighted by atomic mass is 10.1. The quantitative estimate of drug-likeness (QED) is 0.819. The lowest BCUT2D eigenvalue weighted by Gasteiger charge is -1.97. The van der Waals surface area contributed by atoms with Crippen molar-refractivity contribution >= 4 is 0 Å². The molecule has 0 spiro atoms. The normalized spacial score (nSPS) is 11.2. The van der Waals surface area contributed by atoms with E-state index in [-0.39, 0.29) is 6.61 Å². The number of nitrogens with zero attached hydrogens (tertiary/aromatic N) is 2. The van der Waals surface area contributed by atoms with Crippen molar-refractivity contribution in [2.75, 3.05) is 0 Å². The summed E-state index contributed by atoms with van der Waals surface area (Å²) < 4.78 is 5.12. The molecule has 0 atom stereocenters. The fourth-order valence-corrected chi connectivity index (χ4v) is 1.48. The van der Waals surface area contributed by atoms with Gasteiger partial charge in [0.2, 0.25) is 11.7 Å². The van der Waals surface area contributed by atoms with E-state index in [1.807, 2.05) is 43.3 Å². The van der Waals surface area contributed by atoms with E-state index in [0.29, 0.717) is 18.1 Å². The van der Waals surface area contributed by atoms with Crippen molar-refractivity contribution in [2.24, 2.45) is 0 Å². The molecule has 0 aliphatic rings. The van der Waals surface area contributed by atoms with Crippen LogP contribution in [0.5, 0.6) is 0 Å². The molecular formula is C13H14N2O2. The summed E-state index contributed by atoms with van der Waals surface area (Å²) in [5.41, 5.74) is 1.69. The SMILES string of the molecule is C/C=C/Cc1nc(-c2cccc(CO)c2)no1. The topological polar surface area (TPSA) is 59.2 Å². The highest BCUT2D eigenvalue weighted by atomic mass is 16.5. The van der Waals surface area contributed by atoms with Gasteiger partial charge in [-0.3, -0.25) is 0 Å². The zero-order valence-corrected chi connectivity index (χ0v) is 9.63. The van der Waals surface area contributed by atoms with Crippen molar-refractivity contribution in [1.82, 2.24) is 10.1 Å². The Bertz CT molecular complexity index is 518. The molecule has 4 heteroatoms. The first-order chi connectivity index (χ1) is 8.33. The third-order valence-electron chi connectivity index (χ3n) is 2.36. The standard InChI is InChI=1S/C13H14N2O2/c1-2-3-7-12-14-13(15-17-12)11-6-4-5-10(8-11)9-16/h2-6,8,16H,7,9H2,1H3/b3-2+. The number of hydrogen-bond donors (Lipinski definition) is 1. The second kappa shape index (κ2) is 5.41. The molecule has 0 aliphatic carbocycles. The highest BCUT2D eigenvalue weighted by molar-refractivity contribution is 5.55. The molecule has 2 rings (SSSR count). The van der Waals surface area contributed by atoms with Crippen LogP contribution in [-0.4, -0.2) is 15.2 Å². The number of rotatable bonds is 4. The van der Waals surface area contributed by atoms with Crippen molar-refractivity contribution in [2.45, 2.75) is 20.0 Å². The van der Waals surface area contributed by atoms with Crippen LogP contribution in [-0.2, 0) is 13.0 Å². The van der Waals surface area contributed by atoms with E-state index in [0.717, 1.165) is 11.1 Å². The minimum absolute atomic E-state index is 0.0110. The van der Waals surface area contributed by atoms with Gasteiger partial charge in [-0.2, -0.15) is 4.98 Å². The Hall–Kier alpha value is -1.94. The average molecular weight is 230 g/mol.